The minimum Gasteiger partial charge on any atom is -0.305 e. The largest absolute Gasteiger partial charge is 0.305 e. The molecule has 14 heavy (non-hydrogen) atoms. The highest BCUT2D eigenvalue weighted by molar-refractivity contribution is 6.05. The molecule has 0 aliphatic carbocycles. The van der Waals surface area contributed by atoms with E-state index >= 15 is 0 Å². The average Bonchev–Trinajstić information content (AvgIpc) is 2.40. The Hall–Kier alpha value is -0.940. The maximum atomic E-state index is 11.2. The first-order valence-electron chi connectivity index (χ1n) is 4.74. The van der Waals surface area contributed by atoms with Gasteiger partial charge in [-0.05, 0) is 21.0 Å². The summed E-state index contributed by atoms with van der Waals surface area (Å²) in [6.07, 6.45) is 0.263. The number of imide groups is 1. The zero-order valence-electron chi connectivity index (χ0n) is 8.83. The van der Waals surface area contributed by atoms with E-state index in [0.717, 1.165) is 0 Å². The molecule has 2 atom stereocenters. The molecule has 0 bridgehead atoms. The maximum Gasteiger partial charge on any atom is 0.244 e. The molecular weight excluding hydrogens is 182 g/mol. The highest BCUT2D eigenvalue weighted by Gasteiger charge is 2.30. The molecule has 2 N–H and O–H groups in total. The number of rotatable bonds is 4. The van der Waals surface area contributed by atoms with Crippen molar-refractivity contribution in [2.45, 2.75) is 25.4 Å². The number of carbonyl (C=O) groups excluding carboxylic acids is 2. The van der Waals surface area contributed by atoms with Gasteiger partial charge in [0, 0.05) is 12.6 Å². The summed E-state index contributed by atoms with van der Waals surface area (Å²) in [6.45, 7) is 2.76. The number of nitrogens with one attached hydrogen (secondary N) is 2. The molecule has 80 valence electrons. The van der Waals surface area contributed by atoms with Gasteiger partial charge >= 0.3 is 0 Å². The van der Waals surface area contributed by atoms with Crippen LogP contribution in [0.15, 0.2) is 0 Å². The quantitative estimate of drug-likeness (QED) is 0.567. The SMILES string of the molecule is CC(CNC1CC(=O)NC1=O)N(C)C. The molecule has 1 aliphatic rings. The van der Waals surface area contributed by atoms with Crippen LogP contribution in [-0.4, -0.2) is 49.4 Å². The van der Waals surface area contributed by atoms with E-state index in [9.17, 15) is 9.59 Å². The van der Waals surface area contributed by atoms with E-state index in [1.54, 1.807) is 0 Å². The van der Waals surface area contributed by atoms with E-state index in [1.807, 2.05) is 14.1 Å². The topological polar surface area (TPSA) is 61.4 Å². The molecule has 1 rings (SSSR count). The molecule has 0 radical (unpaired) electrons. The second-order valence-corrected chi connectivity index (χ2v) is 3.89. The number of hydrogen-bond donors (Lipinski definition) is 2. The van der Waals surface area contributed by atoms with Crippen LogP contribution >= 0.6 is 0 Å². The van der Waals surface area contributed by atoms with Crippen molar-refractivity contribution in [3.8, 4) is 0 Å². The van der Waals surface area contributed by atoms with Gasteiger partial charge in [0.25, 0.3) is 0 Å². The van der Waals surface area contributed by atoms with Gasteiger partial charge in [0.2, 0.25) is 11.8 Å². The molecule has 1 heterocycles. The second kappa shape index (κ2) is 4.52. The van der Waals surface area contributed by atoms with Crippen molar-refractivity contribution in [3.05, 3.63) is 0 Å². The summed E-state index contributed by atoms with van der Waals surface area (Å²) in [5, 5.41) is 5.33. The Kier molecular flexibility index (Phi) is 3.60. The van der Waals surface area contributed by atoms with Crippen LogP contribution in [0.3, 0.4) is 0 Å². The van der Waals surface area contributed by atoms with Crippen LogP contribution in [-0.2, 0) is 9.59 Å². The van der Waals surface area contributed by atoms with Crippen LogP contribution in [0.25, 0.3) is 0 Å². The summed E-state index contributed by atoms with van der Waals surface area (Å²) in [5.74, 6) is -0.397. The first kappa shape index (κ1) is 11.1. The Morgan fingerprint density at radius 3 is 2.64 bits per heavy atom. The Balaban J connectivity index is 2.32. The van der Waals surface area contributed by atoms with Crippen molar-refractivity contribution >= 4 is 11.8 Å². The molecule has 0 aromatic rings. The molecule has 2 unspecified atom stereocenters. The Bertz CT molecular complexity index is 240. The van der Waals surface area contributed by atoms with E-state index in [1.165, 1.54) is 0 Å². The van der Waals surface area contributed by atoms with Gasteiger partial charge in [-0.3, -0.25) is 14.9 Å². The van der Waals surface area contributed by atoms with Gasteiger partial charge in [-0.15, -0.1) is 0 Å². The fourth-order valence-electron chi connectivity index (χ4n) is 1.21. The highest BCUT2D eigenvalue weighted by atomic mass is 16.2. The zero-order valence-corrected chi connectivity index (χ0v) is 8.83. The third kappa shape index (κ3) is 2.78. The second-order valence-electron chi connectivity index (χ2n) is 3.89. The minimum atomic E-state index is -0.343. The lowest BCUT2D eigenvalue weighted by atomic mass is 10.2. The first-order valence-corrected chi connectivity index (χ1v) is 4.74. The van der Waals surface area contributed by atoms with E-state index in [0.29, 0.717) is 12.6 Å². The molecule has 5 heteroatoms. The van der Waals surface area contributed by atoms with Gasteiger partial charge in [-0.2, -0.15) is 0 Å². The monoisotopic (exact) mass is 199 g/mol. The van der Waals surface area contributed by atoms with Crippen molar-refractivity contribution in [1.29, 1.82) is 0 Å². The third-order valence-electron chi connectivity index (χ3n) is 2.51. The van der Waals surface area contributed by atoms with Gasteiger partial charge in [-0.25, -0.2) is 0 Å². The molecule has 0 aromatic carbocycles. The lowest BCUT2D eigenvalue weighted by Gasteiger charge is -2.21. The van der Waals surface area contributed by atoms with Crippen molar-refractivity contribution < 1.29 is 9.59 Å². The van der Waals surface area contributed by atoms with Crippen molar-refractivity contribution in [1.82, 2.24) is 15.5 Å². The van der Waals surface area contributed by atoms with Crippen molar-refractivity contribution in [2.75, 3.05) is 20.6 Å². The zero-order chi connectivity index (χ0) is 10.7. The smallest absolute Gasteiger partial charge is 0.244 e. The summed E-state index contributed by atoms with van der Waals surface area (Å²) in [4.78, 5) is 24.1. The third-order valence-corrected chi connectivity index (χ3v) is 2.51. The Labute approximate surface area is 83.8 Å². The lowest BCUT2D eigenvalue weighted by Crippen LogP contribution is -2.43. The summed E-state index contributed by atoms with van der Waals surface area (Å²) >= 11 is 0. The molecule has 5 nitrogen and oxygen atoms in total. The minimum absolute atomic E-state index is 0.190. The number of hydrogen-bond acceptors (Lipinski definition) is 4. The van der Waals surface area contributed by atoms with Crippen LogP contribution in [0.1, 0.15) is 13.3 Å². The fourth-order valence-corrected chi connectivity index (χ4v) is 1.21. The summed E-state index contributed by atoms with van der Waals surface area (Å²) < 4.78 is 0. The molecule has 0 saturated carbocycles. The number of nitrogens with zero attached hydrogens (tertiary/aromatic N) is 1. The van der Waals surface area contributed by atoms with Gasteiger partial charge in [0.05, 0.1) is 12.5 Å². The molecule has 0 aromatic heterocycles. The molecule has 1 fully saturated rings. The van der Waals surface area contributed by atoms with Gasteiger partial charge < -0.3 is 10.2 Å². The molecule has 1 saturated heterocycles. The van der Waals surface area contributed by atoms with E-state index in [4.69, 9.17) is 0 Å². The molecular formula is C9H17N3O2. The molecule has 1 aliphatic heterocycles. The molecule has 2 amide bonds. The van der Waals surface area contributed by atoms with Crippen LogP contribution in [0.5, 0.6) is 0 Å². The van der Waals surface area contributed by atoms with Gasteiger partial charge in [0.1, 0.15) is 0 Å². The van der Waals surface area contributed by atoms with Gasteiger partial charge in [-0.1, -0.05) is 0 Å². The van der Waals surface area contributed by atoms with Crippen molar-refractivity contribution in [2.24, 2.45) is 0 Å². The van der Waals surface area contributed by atoms with E-state index in [-0.39, 0.29) is 24.3 Å². The van der Waals surface area contributed by atoms with Crippen LogP contribution in [0.2, 0.25) is 0 Å². The van der Waals surface area contributed by atoms with E-state index < -0.39 is 0 Å². The van der Waals surface area contributed by atoms with Crippen molar-refractivity contribution in [3.63, 3.8) is 0 Å². The molecule has 0 spiro atoms. The Morgan fingerprint density at radius 2 is 2.21 bits per heavy atom. The number of carbonyl (C=O) groups is 2. The number of likely N-dealkylation sites (N-methyl/N-ethyl adjacent to an activating group) is 1. The summed E-state index contributed by atoms with van der Waals surface area (Å²) in [7, 11) is 3.96. The maximum absolute atomic E-state index is 11.2. The lowest BCUT2D eigenvalue weighted by molar-refractivity contribution is -0.125. The summed E-state index contributed by atoms with van der Waals surface area (Å²) in [6, 6.07) is 0.00315. The van der Waals surface area contributed by atoms with Crippen LogP contribution in [0.4, 0.5) is 0 Å². The first-order chi connectivity index (χ1) is 6.50. The van der Waals surface area contributed by atoms with Crippen LogP contribution in [0, 0.1) is 0 Å². The number of amides is 2. The standard InChI is InChI=1S/C9H17N3O2/c1-6(12(2)3)5-10-7-4-8(13)11-9(7)14/h6-7,10H,4-5H2,1-3H3,(H,11,13,14). The predicted octanol–water partition coefficient (Wildman–Crippen LogP) is -1.06. The highest BCUT2D eigenvalue weighted by Crippen LogP contribution is 2.01. The normalized spacial score (nSPS) is 24.1. The summed E-state index contributed by atoms with van der Waals surface area (Å²) in [5.41, 5.74) is 0. The van der Waals surface area contributed by atoms with Crippen LogP contribution < -0.4 is 10.6 Å². The van der Waals surface area contributed by atoms with Gasteiger partial charge in [0.15, 0.2) is 0 Å². The Morgan fingerprint density at radius 1 is 1.57 bits per heavy atom. The predicted molar refractivity (Wildman–Crippen MR) is 52.7 cm³/mol. The fraction of sp³-hybridized carbons (Fsp3) is 0.778. The average molecular weight is 199 g/mol. The van der Waals surface area contributed by atoms with E-state index in [2.05, 4.69) is 22.5 Å².